The zero-order chi connectivity index (χ0) is 28.6. The molecule has 0 bridgehead atoms. The van der Waals surface area contributed by atoms with Crippen molar-refractivity contribution < 1.29 is 0 Å². The smallest absolute Gasteiger partial charge is 0.0341 e. The molecule has 0 saturated carbocycles. The third kappa shape index (κ3) is 25.8. The average Bonchev–Trinajstić information content (AvgIpc) is 2.98. The molecule has 0 spiro atoms. The van der Waals surface area contributed by atoms with Gasteiger partial charge in [-0.3, -0.25) is 0 Å². The van der Waals surface area contributed by atoms with Gasteiger partial charge in [-0.1, -0.05) is 181 Å². The van der Waals surface area contributed by atoms with Gasteiger partial charge in [0.1, 0.15) is 0 Å². The second kappa shape index (κ2) is 30.8. The first-order chi connectivity index (χ1) is 19.9. The molecule has 0 radical (unpaired) electrons. The van der Waals surface area contributed by atoms with Gasteiger partial charge >= 0.3 is 0 Å². The predicted octanol–water partition coefficient (Wildman–Crippen LogP) is 13.5. The van der Waals surface area contributed by atoms with Gasteiger partial charge in [0.25, 0.3) is 0 Å². The lowest BCUT2D eigenvalue weighted by Crippen LogP contribution is -2.03. The summed E-state index contributed by atoms with van der Waals surface area (Å²) in [6, 6.07) is 8.93. The van der Waals surface area contributed by atoms with E-state index in [0.29, 0.717) is 0 Å². The van der Waals surface area contributed by atoms with E-state index in [0.717, 1.165) is 13.1 Å². The number of hydrogen-bond acceptors (Lipinski definition) is 2. The zero-order valence-corrected chi connectivity index (χ0v) is 27.5. The van der Waals surface area contributed by atoms with Crippen molar-refractivity contribution in [1.82, 2.24) is 0 Å². The lowest BCUT2D eigenvalue weighted by atomic mass is 10.0. The maximum Gasteiger partial charge on any atom is 0.0341 e. The van der Waals surface area contributed by atoms with Gasteiger partial charge in [-0.15, -0.1) is 0 Å². The van der Waals surface area contributed by atoms with Crippen molar-refractivity contribution in [3.8, 4) is 0 Å². The van der Waals surface area contributed by atoms with Crippen LogP contribution < -0.4 is 10.6 Å². The monoisotopic (exact) mass is 557 g/mol. The Hall–Kier alpha value is -1.18. The molecule has 0 heterocycles. The zero-order valence-electron chi connectivity index (χ0n) is 27.5. The van der Waals surface area contributed by atoms with Crippen molar-refractivity contribution in [2.75, 3.05) is 23.7 Å². The van der Waals surface area contributed by atoms with Crippen LogP contribution in [0, 0.1) is 0 Å². The maximum atomic E-state index is 3.61. The van der Waals surface area contributed by atoms with E-state index in [9.17, 15) is 0 Å². The summed E-state index contributed by atoms with van der Waals surface area (Å²) >= 11 is 0. The number of benzene rings is 1. The highest BCUT2D eigenvalue weighted by Crippen LogP contribution is 2.16. The molecule has 0 aliphatic rings. The Bertz CT molecular complexity index is 543. The van der Waals surface area contributed by atoms with Gasteiger partial charge < -0.3 is 10.6 Å². The summed E-state index contributed by atoms with van der Waals surface area (Å²) in [5, 5.41) is 7.22. The van der Waals surface area contributed by atoms with Crippen molar-refractivity contribution in [1.29, 1.82) is 0 Å². The molecule has 40 heavy (non-hydrogen) atoms. The molecule has 0 atom stereocenters. The Balaban J connectivity index is 1.82. The highest BCUT2D eigenvalue weighted by atomic mass is 14.9. The minimum absolute atomic E-state index is 1.10. The number of anilines is 2. The number of rotatable bonds is 32. The second-order valence-corrected chi connectivity index (χ2v) is 12.6. The van der Waals surface area contributed by atoms with Crippen molar-refractivity contribution in [3.63, 3.8) is 0 Å². The van der Waals surface area contributed by atoms with Crippen LogP contribution in [0.1, 0.15) is 194 Å². The summed E-state index contributed by atoms with van der Waals surface area (Å²) in [6.07, 6.45) is 39.9. The van der Waals surface area contributed by atoms with Crippen LogP contribution in [0.15, 0.2) is 24.3 Å². The predicted molar refractivity (Wildman–Crippen MR) is 184 cm³/mol. The standard InChI is InChI=1S/C38H72N2/c1-3-5-7-9-11-13-15-17-19-21-23-25-27-29-35-39-37-31-33-38(34-32-37)40-36-30-28-26-24-22-20-18-16-14-12-10-8-6-4-2/h31-34,39-40H,3-30,35-36H2,1-2H3. The largest absolute Gasteiger partial charge is 0.385 e. The molecule has 0 amide bonds. The van der Waals surface area contributed by atoms with Gasteiger partial charge in [-0.05, 0) is 37.1 Å². The van der Waals surface area contributed by atoms with Crippen LogP contribution in [-0.2, 0) is 0 Å². The molecule has 2 heteroatoms. The molecule has 0 aromatic heterocycles. The Morgan fingerprint density at radius 3 is 0.725 bits per heavy atom. The highest BCUT2D eigenvalue weighted by molar-refractivity contribution is 5.53. The molecular weight excluding hydrogens is 484 g/mol. The minimum Gasteiger partial charge on any atom is -0.385 e. The van der Waals surface area contributed by atoms with Gasteiger partial charge in [0.15, 0.2) is 0 Å². The molecule has 0 unspecified atom stereocenters. The quantitative estimate of drug-likeness (QED) is 0.0862. The number of unbranched alkanes of at least 4 members (excludes halogenated alkanes) is 26. The van der Waals surface area contributed by atoms with Crippen LogP contribution in [-0.4, -0.2) is 13.1 Å². The third-order valence-electron chi connectivity index (χ3n) is 8.60. The second-order valence-electron chi connectivity index (χ2n) is 12.6. The molecule has 1 aromatic carbocycles. The summed E-state index contributed by atoms with van der Waals surface area (Å²) < 4.78 is 0. The van der Waals surface area contributed by atoms with E-state index in [2.05, 4.69) is 48.7 Å². The Labute approximate surface area is 252 Å². The fraction of sp³-hybridized carbons (Fsp3) is 0.842. The Morgan fingerprint density at radius 2 is 0.500 bits per heavy atom. The first kappa shape index (κ1) is 36.8. The first-order valence-corrected chi connectivity index (χ1v) is 18.4. The Kier molecular flexibility index (Phi) is 28.3. The SMILES string of the molecule is CCCCCCCCCCCCCCCCNc1ccc(NCCCCCCCCCCCCCCCC)cc1. The first-order valence-electron chi connectivity index (χ1n) is 18.4. The minimum atomic E-state index is 1.10. The molecule has 0 aliphatic heterocycles. The average molecular weight is 557 g/mol. The molecule has 0 fully saturated rings. The topological polar surface area (TPSA) is 24.1 Å². The summed E-state index contributed by atoms with van der Waals surface area (Å²) in [7, 11) is 0. The maximum absolute atomic E-state index is 3.61. The lowest BCUT2D eigenvalue weighted by Gasteiger charge is -2.09. The van der Waals surface area contributed by atoms with Crippen LogP contribution in [0.25, 0.3) is 0 Å². The van der Waals surface area contributed by atoms with Gasteiger partial charge in [-0.2, -0.15) is 0 Å². The number of nitrogens with one attached hydrogen (secondary N) is 2. The van der Waals surface area contributed by atoms with Gasteiger partial charge in [-0.25, -0.2) is 0 Å². The normalized spacial score (nSPS) is 11.2. The summed E-state index contributed by atoms with van der Waals surface area (Å²) in [4.78, 5) is 0. The van der Waals surface area contributed by atoms with Crippen LogP contribution in [0.4, 0.5) is 11.4 Å². The van der Waals surface area contributed by atoms with E-state index in [1.165, 1.54) is 191 Å². The van der Waals surface area contributed by atoms with E-state index < -0.39 is 0 Å². The molecule has 234 valence electrons. The van der Waals surface area contributed by atoms with E-state index in [1.54, 1.807) is 0 Å². The van der Waals surface area contributed by atoms with Crippen LogP contribution >= 0.6 is 0 Å². The number of hydrogen-bond donors (Lipinski definition) is 2. The van der Waals surface area contributed by atoms with Crippen molar-refractivity contribution >= 4 is 11.4 Å². The molecule has 1 aromatic rings. The molecule has 0 aliphatic carbocycles. The van der Waals surface area contributed by atoms with Crippen molar-refractivity contribution in [2.24, 2.45) is 0 Å². The molecular formula is C38H72N2. The molecule has 2 N–H and O–H groups in total. The van der Waals surface area contributed by atoms with Gasteiger partial charge in [0.2, 0.25) is 0 Å². The fourth-order valence-electron chi connectivity index (χ4n) is 5.81. The Morgan fingerprint density at radius 1 is 0.300 bits per heavy atom. The molecule has 2 nitrogen and oxygen atoms in total. The summed E-state index contributed by atoms with van der Waals surface area (Å²) in [5.41, 5.74) is 2.52. The lowest BCUT2D eigenvalue weighted by molar-refractivity contribution is 0.537. The van der Waals surface area contributed by atoms with Crippen LogP contribution in [0.3, 0.4) is 0 Å². The van der Waals surface area contributed by atoms with E-state index in [-0.39, 0.29) is 0 Å². The van der Waals surface area contributed by atoms with E-state index in [4.69, 9.17) is 0 Å². The highest BCUT2D eigenvalue weighted by Gasteiger charge is 1.98. The molecule has 1 rings (SSSR count). The summed E-state index contributed by atoms with van der Waals surface area (Å²) in [6.45, 7) is 6.80. The van der Waals surface area contributed by atoms with E-state index >= 15 is 0 Å². The van der Waals surface area contributed by atoms with Crippen molar-refractivity contribution in [2.45, 2.75) is 194 Å². The van der Waals surface area contributed by atoms with E-state index in [1.807, 2.05) is 0 Å². The van der Waals surface area contributed by atoms with Crippen molar-refractivity contribution in [3.05, 3.63) is 24.3 Å². The fourth-order valence-corrected chi connectivity index (χ4v) is 5.81. The third-order valence-corrected chi connectivity index (χ3v) is 8.60. The van der Waals surface area contributed by atoms with Gasteiger partial charge in [0.05, 0.1) is 0 Å². The summed E-state index contributed by atoms with van der Waals surface area (Å²) in [5.74, 6) is 0. The van der Waals surface area contributed by atoms with Crippen LogP contribution in [0.5, 0.6) is 0 Å². The molecule has 0 saturated heterocycles. The van der Waals surface area contributed by atoms with Crippen LogP contribution in [0.2, 0.25) is 0 Å². The van der Waals surface area contributed by atoms with Gasteiger partial charge in [0, 0.05) is 24.5 Å².